The van der Waals surface area contributed by atoms with Crippen LogP contribution in [-0.2, 0) is 21.5 Å². The molecule has 0 radical (unpaired) electrons. The molecule has 1 saturated heterocycles. The number of allylic oxidation sites excluding steroid dienone is 3. The number of carbonyl (C=O) groups excluding carboxylic acids is 2. The molecule has 7 heteroatoms. The second-order valence-corrected chi connectivity index (χ2v) is 10.3. The van der Waals surface area contributed by atoms with Crippen molar-refractivity contribution in [3.63, 3.8) is 0 Å². The number of hydrogen-bond acceptors (Lipinski definition) is 5. The molecule has 37 heavy (non-hydrogen) atoms. The Labute approximate surface area is 216 Å². The molecule has 2 aromatic rings. The lowest BCUT2D eigenvalue weighted by Crippen LogP contribution is -2.49. The van der Waals surface area contributed by atoms with E-state index in [4.69, 9.17) is 9.47 Å². The Bertz CT molecular complexity index is 1310. The van der Waals surface area contributed by atoms with Crippen LogP contribution < -0.4 is 4.90 Å². The van der Waals surface area contributed by atoms with Crippen molar-refractivity contribution in [3.05, 3.63) is 103 Å². The van der Waals surface area contributed by atoms with Crippen molar-refractivity contribution in [2.75, 3.05) is 25.2 Å². The number of aliphatic hydroxyl groups excluding tert-OH is 1. The molecule has 6 atom stereocenters. The summed E-state index contributed by atoms with van der Waals surface area (Å²) in [5.74, 6) is -0.157. The molecule has 4 aliphatic rings. The zero-order valence-electron chi connectivity index (χ0n) is 20.7. The first kappa shape index (κ1) is 23.6. The van der Waals surface area contributed by atoms with Crippen LogP contribution in [0.25, 0.3) is 0 Å². The van der Waals surface area contributed by atoms with E-state index in [1.54, 1.807) is 16.0 Å². The van der Waals surface area contributed by atoms with E-state index < -0.39 is 23.0 Å². The van der Waals surface area contributed by atoms with Gasteiger partial charge in [0.05, 0.1) is 12.8 Å². The van der Waals surface area contributed by atoms with E-state index in [1.165, 1.54) is 7.11 Å². The van der Waals surface area contributed by atoms with Crippen molar-refractivity contribution in [3.8, 4) is 0 Å². The fourth-order valence-corrected chi connectivity index (χ4v) is 7.45. The minimum Gasteiger partial charge on any atom is -0.453 e. The van der Waals surface area contributed by atoms with E-state index in [-0.39, 0.29) is 37.0 Å². The largest absolute Gasteiger partial charge is 0.453 e. The van der Waals surface area contributed by atoms with Crippen LogP contribution >= 0.6 is 0 Å². The highest BCUT2D eigenvalue weighted by atomic mass is 16.6. The van der Waals surface area contributed by atoms with Gasteiger partial charge in [-0.2, -0.15) is 0 Å². The third kappa shape index (κ3) is 3.16. The Hall–Kier alpha value is -3.84. The van der Waals surface area contributed by atoms with Gasteiger partial charge in [0.1, 0.15) is 6.61 Å². The SMILES string of the molecule is C=C[C@]12CN(C(=O)OC)[C@@H]3[C@@H](CO)[C@H]1C=C[C@]1(C=CN(C(=O)OCc4ccccc4)c4ccccc41)[C@@H]32. The third-order valence-electron chi connectivity index (χ3n) is 8.87. The van der Waals surface area contributed by atoms with E-state index in [1.807, 2.05) is 66.7 Å². The highest BCUT2D eigenvalue weighted by Crippen LogP contribution is 2.69. The van der Waals surface area contributed by atoms with Gasteiger partial charge in [0.25, 0.3) is 0 Å². The van der Waals surface area contributed by atoms with Crippen molar-refractivity contribution >= 4 is 17.9 Å². The van der Waals surface area contributed by atoms with Gasteiger partial charge in [-0.1, -0.05) is 72.8 Å². The maximum atomic E-state index is 13.2. The molecule has 0 aromatic heterocycles. The third-order valence-corrected chi connectivity index (χ3v) is 8.87. The summed E-state index contributed by atoms with van der Waals surface area (Å²) in [6.45, 7) is 4.82. The summed E-state index contributed by atoms with van der Waals surface area (Å²) in [6.07, 6.45) is 9.31. The van der Waals surface area contributed by atoms with Crippen LogP contribution in [0.5, 0.6) is 0 Å². The van der Waals surface area contributed by atoms with Gasteiger partial charge in [-0.25, -0.2) is 9.59 Å². The molecule has 1 saturated carbocycles. The van der Waals surface area contributed by atoms with Crippen LogP contribution in [-0.4, -0.2) is 48.5 Å². The molecular weight excluding hydrogens is 468 g/mol. The van der Waals surface area contributed by atoms with Crippen molar-refractivity contribution in [1.29, 1.82) is 0 Å². The van der Waals surface area contributed by atoms with Gasteiger partial charge in [0.15, 0.2) is 0 Å². The fourth-order valence-electron chi connectivity index (χ4n) is 7.45. The maximum absolute atomic E-state index is 13.2. The number of rotatable bonds is 4. The first-order valence-corrected chi connectivity index (χ1v) is 12.6. The summed E-state index contributed by atoms with van der Waals surface area (Å²) in [6, 6.07) is 17.2. The van der Waals surface area contributed by atoms with Crippen molar-refractivity contribution in [1.82, 2.24) is 4.90 Å². The van der Waals surface area contributed by atoms with Gasteiger partial charge in [-0.05, 0) is 23.1 Å². The quantitative estimate of drug-likeness (QED) is 0.622. The maximum Gasteiger partial charge on any atom is 0.418 e. The molecule has 4 bridgehead atoms. The first-order valence-electron chi connectivity index (χ1n) is 12.6. The molecular formula is C30H30N2O5. The van der Waals surface area contributed by atoms with Crippen molar-refractivity contribution < 1.29 is 24.2 Å². The molecule has 2 aliphatic heterocycles. The molecule has 2 aromatic carbocycles. The van der Waals surface area contributed by atoms with Crippen LogP contribution in [0, 0.1) is 23.2 Å². The molecule has 1 spiro atoms. The average Bonchev–Trinajstić information content (AvgIpc) is 3.39. The number of ether oxygens (including phenoxy) is 2. The number of methoxy groups -OCH3 is 1. The molecule has 2 fully saturated rings. The number of benzene rings is 2. The number of carbonyl (C=O) groups is 2. The summed E-state index contributed by atoms with van der Waals surface area (Å²) < 4.78 is 10.8. The highest BCUT2D eigenvalue weighted by Gasteiger charge is 2.72. The lowest BCUT2D eigenvalue weighted by Gasteiger charge is -2.48. The van der Waals surface area contributed by atoms with Gasteiger partial charge < -0.3 is 19.5 Å². The van der Waals surface area contributed by atoms with E-state index in [0.29, 0.717) is 6.54 Å². The highest BCUT2D eigenvalue weighted by molar-refractivity contribution is 5.92. The number of likely N-dealkylation sites (tertiary alicyclic amines) is 1. The molecule has 7 nitrogen and oxygen atoms in total. The predicted molar refractivity (Wildman–Crippen MR) is 139 cm³/mol. The van der Waals surface area contributed by atoms with Crippen LogP contribution in [0.3, 0.4) is 0 Å². The van der Waals surface area contributed by atoms with E-state index >= 15 is 0 Å². The van der Waals surface area contributed by atoms with Crippen LogP contribution in [0.4, 0.5) is 15.3 Å². The number of fused-ring (bicyclic) bond motifs is 2. The molecule has 1 N–H and O–H groups in total. The number of aliphatic hydroxyl groups is 1. The molecule has 6 rings (SSSR count). The topological polar surface area (TPSA) is 79.3 Å². The zero-order valence-corrected chi connectivity index (χ0v) is 20.7. The minimum absolute atomic E-state index is 0.0430. The Morgan fingerprint density at radius 3 is 2.59 bits per heavy atom. The number of amides is 2. The molecule has 190 valence electrons. The number of anilines is 1. The molecule has 2 heterocycles. The number of piperidine rings is 1. The van der Waals surface area contributed by atoms with Crippen LogP contribution in [0.1, 0.15) is 11.1 Å². The molecule has 2 aliphatic carbocycles. The average molecular weight is 499 g/mol. The van der Waals surface area contributed by atoms with E-state index in [0.717, 1.165) is 16.8 Å². The fraction of sp³-hybridized carbons (Fsp3) is 0.333. The Balaban J connectivity index is 1.41. The first-order chi connectivity index (χ1) is 18.0. The van der Waals surface area contributed by atoms with Gasteiger partial charge >= 0.3 is 12.2 Å². The van der Waals surface area contributed by atoms with Gasteiger partial charge in [0.2, 0.25) is 0 Å². The second-order valence-electron chi connectivity index (χ2n) is 10.3. The van der Waals surface area contributed by atoms with Crippen molar-refractivity contribution in [2.24, 2.45) is 23.2 Å². The Morgan fingerprint density at radius 2 is 1.86 bits per heavy atom. The lowest BCUT2D eigenvalue weighted by molar-refractivity contribution is 0.0520. The van der Waals surface area contributed by atoms with Gasteiger partial charge in [0, 0.05) is 48.1 Å². The Kier molecular flexibility index (Phi) is 5.49. The number of hydrogen-bond donors (Lipinski definition) is 1. The van der Waals surface area contributed by atoms with Gasteiger partial charge in [-0.15, -0.1) is 6.58 Å². The molecule has 0 unspecified atom stereocenters. The minimum atomic E-state index is -0.602. The van der Waals surface area contributed by atoms with Gasteiger partial charge in [-0.3, -0.25) is 4.90 Å². The Morgan fingerprint density at radius 1 is 1.11 bits per heavy atom. The van der Waals surface area contributed by atoms with E-state index in [2.05, 4.69) is 18.7 Å². The van der Waals surface area contributed by atoms with E-state index in [9.17, 15) is 14.7 Å². The normalized spacial score (nSPS) is 32.4. The number of para-hydroxylation sites is 1. The second kappa shape index (κ2) is 8.63. The zero-order chi connectivity index (χ0) is 25.8. The molecule has 2 amide bonds. The number of nitrogens with zero attached hydrogens (tertiary/aromatic N) is 2. The monoisotopic (exact) mass is 498 g/mol. The summed E-state index contributed by atoms with van der Waals surface area (Å²) in [7, 11) is 1.39. The predicted octanol–water partition coefficient (Wildman–Crippen LogP) is 4.64. The summed E-state index contributed by atoms with van der Waals surface area (Å²) in [4.78, 5) is 29.4. The smallest absolute Gasteiger partial charge is 0.418 e. The van der Waals surface area contributed by atoms with Crippen molar-refractivity contribution in [2.45, 2.75) is 18.1 Å². The lowest BCUT2D eigenvalue weighted by atomic mass is 9.55. The van der Waals surface area contributed by atoms with Crippen LogP contribution in [0.2, 0.25) is 0 Å². The summed E-state index contributed by atoms with van der Waals surface area (Å²) in [5.41, 5.74) is 1.57. The summed E-state index contributed by atoms with van der Waals surface area (Å²) >= 11 is 0. The summed E-state index contributed by atoms with van der Waals surface area (Å²) in [5, 5.41) is 10.4. The van der Waals surface area contributed by atoms with Crippen LogP contribution in [0.15, 0.2) is 91.7 Å². The standard InChI is InChI=1S/C30H30N2O5/c1-3-29-19-32(27(34)36-2)25-21(17-33)22(29)13-14-30(26(25)29)15-16-31(24-12-8-7-11-23(24)30)28(35)37-18-20-9-5-4-6-10-20/h3-16,21-22,25-26,33H,1,17-19H2,2H3/t21-,22+,25+,26-,29-,30+/m0/s1.